The number of alkyl carbamates (subject to hydrolysis) is 1. The summed E-state index contributed by atoms with van der Waals surface area (Å²) in [6, 6.07) is 2.97. The van der Waals surface area contributed by atoms with Crippen LogP contribution in [0, 0.1) is 0 Å². The zero-order valence-electron chi connectivity index (χ0n) is 18.9. The minimum absolute atomic E-state index is 0.0131. The molecule has 1 amide bonds. The van der Waals surface area contributed by atoms with Gasteiger partial charge < -0.3 is 15.4 Å². The molecule has 0 radical (unpaired) electrons. The van der Waals surface area contributed by atoms with Crippen LogP contribution in [0.5, 0.6) is 0 Å². The number of halogens is 5. The van der Waals surface area contributed by atoms with E-state index in [4.69, 9.17) is 16.3 Å². The number of hydrogen-bond acceptors (Lipinski definition) is 7. The number of aromatic nitrogens is 5. The summed E-state index contributed by atoms with van der Waals surface area (Å²) >= 11 is 6.04. The third-order valence-electron chi connectivity index (χ3n) is 6.26. The molecule has 0 bridgehead atoms. The third-order valence-corrected chi connectivity index (χ3v) is 6.45. The molecule has 0 unspecified atom stereocenters. The molecule has 2 fully saturated rings. The van der Waals surface area contributed by atoms with E-state index >= 15 is 4.39 Å². The lowest BCUT2D eigenvalue weighted by Crippen LogP contribution is -2.38. The van der Waals surface area contributed by atoms with Crippen LogP contribution in [-0.2, 0) is 16.1 Å². The topological polar surface area (TPSA) is 118 Å². The van der Waals surface area contributed by atoms with Gasteiger partial charge in [0.25, 0.3) is 0 Å². The molecule has 2 aliphatic carbocycles. The van der Waals surface area contributed by atoms with E-state index in [0.717, 1.165) is 12.8 Å². The molecule has 3 aromatic heterocycles. The molecular weight excluding hydrogens is 510 g/mol. The molecule has 2 aliphatic rings. The quantitative estimate of drug-likeness (QED) is 0.297. The molecule has 3 aromatic rings. The van der Waals surface area contributed by atoms with Crippen LogP contribution < -0.4 is 10.6 Å². The Hall–Kier alpha value is -3.13. The SMILES string of the molecule is CC1(NC(=O)O[C@@H]2CC[C@H](c3cc(Nc4nc(Cl)cc5nc(COC(F)(F)F)cn45)n[nH]3)[C@@H]2F)CC1. The van der Waals surface area contributed by atoms with Crippen LogP contribution in [0.3, 0.4) is 0 Å². The van der Waals surface area contributed by atoms with Crippen molar-refractivity contribution in [3.8, 4) is 0 Å². The number of nitrogens with zero attached hydrogens (tertiary/aromatic N) is 4. The van der Waals surface area contributed by atoms with E-state index in [1.54, 1.807) is 6.07 Å². The standard InChI is InChI=1S/C21H22ClF4N7O3/c1-20(4-5-20)30-19(34)36-13-3-2-11(17(13)23)12-6-15(32-31-12)29-18-28-14(22)7-16-27-10(8-33(16)18)9-35-21(24,25)26/h6-8,11,13,17H,2-5,9H2,1H3,(H,30,34)(H2,28,29,31,32)/t11-,13-,17+/m1/s1. The number of H-pyrrole nitrogens is 1. The second-order valence-corrected chi connectivity index (χ2v) is 9.58. The van der Waals surface area contributed by atoms with Crippen molar-refractivity contribution in [1.82, 2.24) is 29.9 Å². The zero-order valence-corrected chi connectivity index (χ0v) is 19.7. The van der Waals surface area contributed by atoms with E-state index in [1.165, 1.54) is 16.7 Å². The Morgan fingerprint density at radius 2 is 2.08 bits per heavy atom. The number of carbonyl (C=O) groups excluding carboxylic acids is 1. The first-order chi connectivity index (χ1) is 17.0. The van der Waals surface area contributed by atoms with Gasteiger partial charge in [0.15, 0.2) is 5.82 Å². The van der Waals surface area contributed by atoms with Crippen molar-refractivity contribution in [2.45, 2.75) is 69.3 Å². The van der Waals surface area contributed by atoms with Crippen LogP contribution in [0.1, 0.15) is 49.9 Å². The van der Waals surface area contributed by atoms with Crippen LogP contribution in [0.4, 0.5) is 34.1 Å². The van der Waals surface area contributed by atoms with Crippen LogP contribution in [0.2, 0.25) is 5.15 Å². The summed E-state index contributed by atoms with van der Waals surface area (Å²) in [7, 11) is 0. The minimum atomic E-state index is -4.80. The summed E-state index contributed by atoms with van der Waals surface area (Å²) in [6.07, 6.45) is -3.83. The van der Waals surface area contributed by atoms with Crippen molar-refractivity contribution < 1.29 is 31.8 Å². The fourth-order valence-corrected chi connectivity index (χ4v) is 4.30. The molecule has 3 heterocycles. The number of aromatic amines is 1. The summed E-state index contributed by atoms with van der Waals surface area (Å²) in [5.41, 5.74) is 0.492. The summed E-state index contributed by atoms with van der Waals surface area (Å²) in [6.45, 7) is 1.12. The van der Waals surface area contributed by atoms with Gasteiger partial charge in [0.05, 0.1) is 12.3 Å². The number of rotatable bonds is 7. The number of nitrogens with one attached hydrogen (secondary N) is 3. The molecule has 0 aliphatic heterocycles. The molecule has 3 N–H and O–H groups in total. The van der Waals surface area contributed by atoms with Crippen molar-refractivity contribution in [1.29, 1.82) is 0 Å². The molecule has 15 heteroatoms. The van der Waals surface area contributed by atoms with Gasteiger partial charge in [-0.25, -0.2) is 19.2 Å². The van der Waals surface area contributed by atoms with E-state index in [0.29, 0.717) is 18.5 Å². The highest BCUT2D eigenvalue weighted by atomic mass is 35.5. The zero-order chi connectivity index (χ0) is 25.7. The lowest BCUT2D eigenvalue weighted by molar-refractivity contribution is -0.330. The number of carbonyl (C=O) groups is 1. The van der Waals surface area contributed by atoms with Crippen molar-refractivity contribution >= 4 is 35.1 Å². The maximum absolute atomic E-state index is 15.1. The average Bonchev–Trinajstić information content (AvgIpc) is 3.12. The molecule has 0 spiro atoms. The van der Waals surface area contributed by atoms with Gasteiger partial charge in [-0.1, -0.05) is 11.6 Å². The van der Waals surface area contributed by atoms with Gasteiger partial charge in [0.1, 0.15) is 23.1 Å². The highest BCUT2D eigenvalue weighted by Gasteiger charge is 2.43. The van der Waals surface area contributed by atoms with Gasteiger partial charge in [-0.15, -0.1) is 13.2 Å². The predicted molar refractivity (Wildman–Crippen MR) is 119 cm³/mol. The van der Waals surface area contributed by atoms with Crippen LogP contribution in [0.15, 0.2) is 18.3 Å². The lowest BCUT2D eigenvalue weighted by atomic mass is 10.0. The van der Waals surface area contributed by atoms with Gasteiger partial charge in [0, 0.05) is 35.5 Å². The normalized spacial score (nSPS) is 23.1. The van der Waals surface area contributed by atoms with E-state index in [1.807, 2.05) is 6.92 Å². The van der Waals surface area contributed by atoms with Crippen molar-refractivity contribution in [3.05, 3.63) is 34.9 Å². The first-order valence-corrected chi connectivity index (χ1v) is 11.6. The highest BCUT2D eigenvalue weighted by Crippen LogP contribution is 2.39. The number of amides is 1. The van der Waals surface area contributed by atoms with Gasteiger partial charge in [-0.05, 0) is 32.6 Å². The smallest absolute Gasteiger partial charge is 0.443 e. The largest absolute Gasteiger partial charge is 0.522 e. The molecule has 0 saturated heterocycles. The summed E-state index contributed by atoms with van der Waals surface area (Å²) in [4.78, 5) is 20.3. The molecule has 194 valence electrons. The highest BCUT2D eigenvalue weighted by molar-refractivity contribution is 6.29. The van der Waals surface area contributed by atoms with Crippen molar-refractivity contribution in [3.63, 3.8) is 0 Å². The Morgan fingerprint density at radius 3 is 2.81 bits per heavy atom. The first kappa shape index (κ1) is 24.6. The monoisotopic (exact) mass is 531 g/mol. The number of fused-ring (bicyclic) bond motifs is 1. The van der Waals surface area contributed by atoms with Gasteiger partial charge in [-0.3, -0.25) is 14.2 Å². The van der Waals surface area contributed by atoms with Gasteiger partial charge >= 0.3 is 12.5 Å². The van der Waals surface area contributed by atoms with Crippen molar-refractivity contribution in [2.24, 2.45) is 0 Å². The van der Waals surface area contributed by atoms with E-state index < -0.39 is 37.3 Å². The Bertz CT molecular complexity index is 1280. The number of imidazole rings is 1. The molecule has 2 saturated carbocycles. The number of hydrogen-bond donors (Lipinski definition) is 3. The fraction of sp³-hybridized carbons (Fsp3) is 0.524. The maximum Gasteiger partial charge on any atom is 0.522 e. The first-order valence-electron chi connectivity index (χ1n) is 11.2. The molecule has 36 heavy (non-hydrogen) atoms. The third kappa shape index (κ3) is 5.48. The number of anilines is 2. The Morgan fingerprint density at radius 1 is 1.31 bits per heavy atom. The van der Waals surface area contributed by atoms with E-state index in [9.17, 15) is 18.0 Å². The molecule has 5 rings (SSSR count). The van der Waals surface area contributed by atoms with Crippen molar-refractivity contribution in [2.75, 3.05) is 5.32 Å². The van der Waals surface area contributed by atoms with Gasteiger partial charge in [0.2, 0.25) is 5.95 Å². The van der Waals surface area contributed by atoms with Crippen LogP contribution in [-0.4, -0.2) is 54.8 Å². The Kier molecular flexibility index (Phi) is 6.19. The summed E-state index contributed by atoms with van der Waals surface area (Å²) in [5, 5.41) is 12.6. The number of alkyl halides is 4. The average molecular weight is 532 g/mol. The van der Waals surface area contributed by atoms with E-state index in [-0.39, 0.29) is 33.8 Å². The maximum atomic E-state index is 15.1. The summed E-state index contributed by atoms with van der Waals surface area (Å²) < 4.78 is 62.7. The second-order valence-electron chi connectivity index (χ2n) is 9.19. The van der Waals surface area contributed by atoms with E-state index in [2.05, 4.69) is 35.5 Å². The Balaban J connectivity index is 1.26. The molecular formula is C21H22ClF4N7O3. The minimum Gasteiger partial charge on any atom is -0.443 e. The number of ether oxygens (including phenoxy) is 2. The van der Waals surface area contributed by atoms with Crippen LogP contribution >= 0.6 is 11.6 Å². The van der Waals surface area contributed by atoms with Gasteiger partial charge in [-0.2, -0.15) is 5.10 Å². The molecule has 0 aromatic carbocycles. The Labute approximate surface area is 206 Å². The molecule has 10 nitrogen and oxygen atoms in total. The summed E-state index contributed by atoms with van der Waals surface area (Å²) in [5.74, 6) is -0.149. The second kappa shape index (κ2) is 9.07. The fourth-order valence-electron chi connectivity index (χ4n) is 4.13. The lowest BCUT2D eigenvalue weighted by Gasteiger charge is -2.19. The molecule has 3 atom stereocenters. The predicted octanol–water partition coefficient (Wildman–Crippen LogP) is 4.75. The van der Waals surface area contributed by atoms with Crippen LogP contribution in [0.25, 0.3) is 5.65 Å².